The maximum Gasteiger partial charge on any atom is 0.224 e. The largest absolute Gasteiger partial charge is 0.372 e. The van der Waals surface area contributed by atoms with Crippen molar-refractivity contribution in [3.05, 3.63) is 24.3 Å². The summed E-state index contributed by atoms with van der Waals surface area (Å²) in [6.07, 6.45) is 4.02. The predicted octanol–water partition coefficient (Wildman–Crippen LogP) is 3.66. The molecule has 1 aromatic rings. The zero-order chi connectivity index (χ0) is 13.7. The molecular formula is C16H24N2O. The van der Waals surface area contributed by atoms with Crippen LogP contribution in [0.4, 0.5) is 11.4 Å². The number of amides is 1. The van der Waals surface area contributed by atoms with Crippen molar-refractivity contribution in [2.45, 2.75) is 39.5 Å². The van der Waals surface area contributed by atoms with E-state index in [0.29, 0.717) is 6.42 Å². The molecule has 3 heteroatoms. The first-order valence-electron chi connectivity index (χ1n) is 7.34. The molecule has 0 bridgehead atoms. The highest BCUT2D eigenvalue weighted by Gasteiger charge is 2.15. The number of piperidine rings is 1. The number of nitrogens with one attached hydrogen (secondary N) is 1. The van der Waals surface area contributed by atoms with Gasteiger partial charge in [-0.3, -0.25) is 4.79 Å². The molecular weight excluding hydrogens is 236 g/mol. The number of carbonyl (C=O) groups is 1. The van der Waals surface area contributed by atoms with E-state index in [-0.39, 0.29) is 5.91 Å². The topological polar surface area (TPSA) is 32.3 Å². The average Bonchev–Trinajstić information content (AvgIpc) is 2.41. The lowest BCUT2D eigenvalue weighted by Crippen LogP contribution is -2.32. The number of hydrogen-bond acceptors (Lipinski definition) is 2. The maximum absolute atomic E-state index is 11.5. The quantitative estimate of drug-likeness (QED) is 0.896. The van der Waals surface area contributed by atoms with Crippen LogP contribution in [0.2, 0.25) is 0 Å². The third-order valence-electron chi connectivity index (χ3n) is 3.78. The molecule has 0 spiro atoms. The number of benzene rings is 1. The zero-order valence-electron chi connectivity index (χ0n) is 12.0. The first-order valence-corrected chi connectivity index (χ1v) is 7.34. The molecule has 0 radical (unpaired) electrons. The van der Waals surface area contributed by atoms with E-state index in [0.717, 1.165) is 31.1 Å². The average molecular weight is 260 g/mol. The van der Waals surface area contributed by atoms with Gasteiger partial charge in [0.2, 0.25) is 5.91 Å². The fourth-order valence-electron chi connectivity index (χ4n) is 2.47. The van der Waals surface area contributed by atoms with Crippen molar-refractivity contribution in [2.24, 2.45) is 5.92 Å². The third kappa shape index (κ3) is 3.98. The Bertz CT molecular complexity index is 405. The second-order valence-corrected chi connectivity index (χ2v) is 5.51. The molecule has 19 heavy (non-hydrogen) atoms. The zero-order valence-corrected chi connectivity index (χ0v) is 12.0. The molecule has 0 saturated carbocycles. The summed E-state index contributed by atoms with van der Waals surface area (Å²) in [4.78, 5) is 13.9. The van der Waals surface area contributed by atoms with Crippen LogP contribution >= 0.6 is 0 Å². The molecule has 1 fully saturated rings. The summed E-state index contributed by atoms with van der Waals surface area (Å²) in [5.41, 5.74) is 2.16. The molecule has 3 nitrogen and oxygen atoms in total. The Morgan fingerprint density at radius 2 is 1.89 bits per heavy atom. The fourth-order valence-corrected chi connectivity index (χ4v) is 2.47. The monoisotopic (exact) mass is 260 g/mol. The number of nitrogens with zero attached hydrogens (tertiary/aromatic N) is 1. The molecule has 0 aliphatic carbocycles. The van der Waals surface area contributed by atoms with Crippen molar-refractivity contribution in [1.29, 1.82) is 0 Å². The molecule has 1 N–H and O–H groups in total. The SMILES string of the molecule is CCCC(=O)Nc1ccc(N2CCC(C)CC2)cc1. The molecule has 1 heterocycles. The van der Waals surface area contributed by atoms with Crippen molar-refractivity contribution in [3.63, 3.8) is 0 Å². The van der Waals surface area contributed by atoms with E-state index < -0.39 is 0 Å². The maximum atomic E-state index is 11.5. The van der Waals surface area contributed by atoms with E-state index in [2.05, 4.69) is 29.3 Å². The van der Waals surface area contributed by atoms with E-state index in [1.165, 1.54) is 18.5 Å². The van der Waals surface area contributed by atoms with E-state index >= 15 is 0 Å². The summed E-state index contributed by atoms with van der Waals surface area (Å²) in [7, 11) is 0. The minimum absolute atomic E-state index is 0.0991. The highest BCUT2D eigenvalue weighted by molar-refractivity contribution is 5.90. The van der Waals surface area contributed by atoms with Gasteiger partial charge in [-0.05, 0) is 49.4 Å². The van der Waals surface area contributed by atoms with Crippen LogP contribution in [0.1, 0.15) is 39.5 Å². The molecule has 0 atom stereocenters. The van der Waals surface area contributed by atoms with Gasteiger partial charge in [0, 0.05) is 30.9 Å². The summed E-state index contributed by atoms with van der Waals surface area (Å²) < 4.78 is 0. The van der Waals surface area contributed by atoms with Crippen molar-refractivity contribution in [1.82, 2.24) is 0 Å². The van der Waals surface area contributed by atoms with Crippen LogP contribution in [0.3, 0.4) is 0 Å². The van der Waals surface area contributed by atoms with Crippen LogP contribution in [-0.4, -0.2) is 19.0 Å². The Morgan fingerprint density at radius 3 is 2.47 bits per heavy atom. The smallest absolute Gasteiger partial charge is 0.224 e. The summed E-state index contributed by atoms with van der Waals surface area (Å²) in [6.45, 7) is 6.62. The first kappa shape index (κ1) is 13.9. The molecule has 0 unspecified atom stereocenters. The van der Waals surface area contributed by atoms with Crippen LogP contribution in [0.25, 0.3) is 0 Å². The second-order valence-electron chi connectivity index (χ2n) is 5.51. The minimum atomic E-state index is 0.0991. The summed E-state index contributed by atoms with van der Waals surface area (Å²) in [5.74, 6) is 0.950. The van der Waals surface area contributed by atoms with Gasteiger partial charge in [0.05, 0.1) is 0 Å². The Kier molecular flexibility index (Phi) is 4.83. The van der Waals surface area contributed by atoms with Crippen LogP contribution in [-0.2, 0) is 4.79 Å². The highest BCUT2D eigenvalue weighted by Crippen LogP contribution is 2.24. The molecule has 1 aliphatic heterocycles. The molecule has 0 aromatic heterocycles. The van der Waals surface area contributed by atoms with Gasteiger partial charge in [-0.15, -0.1) is 0 Å². The van der Waals surface area contributed by atoms with Crippen LogP contribution in [0.5, 0.6) is 0 Å². The standard InChI is InChI=1S/C16H24N2O/c1-3-4-16(19)17-14-5-7-15(8-6-14)18-11-9-13(2)10-12-18/h5-8,13H,3-4,9-12H2,1-2H3,(H,17,19). The van der Waals surface area contributed by atoms with Gasteiger partial charge in [-0.2, -0.15) is 0 Å². The van der Waals surface area contributed by atoms with Gasteiger partial charge in [0.1, 0.15) is 0 Å². The Morgan fingerprint density at radius 1 is 1.26 bits per heavy atom. The summed E-state index contributed by atoms with van der Waals surface area (Å²) >= 11 is 0. The molecule has 2 rings (SSSR count). The Hall–Kier alpha value is -1.51. The van der Waals surface area contributed by atoms with E-state index in [1.807, 2.05) is 19.1 Å². The summed E-state index contributed by atoms with van der Waals surface area (Å²) in [6, 6.07) is 8.22. The third-order valence-corrected chi connectivity index (χ3v) is 3.78. The minimum Gasteiger partial charge on any atom is -0.372 e. The normalized spacial score (nSPS) is 16.4. The van der Waals surface area contributed by atoms with Crippen molar-refractivity contribution >= 4 is 17.3 Å². The fraction of sp³-hybridized carbons (Fsp3) is 0.562. The van der Waals surface area contributed by atoms with E-state index in [4.69, 9.17) is 0 Å². The number of anilines is 2. The van der Waals surface area contributed by atoms with Crippen LogP contribution in [0.15, 0.2) is 24.3 Å². The van der Waals surface area contributed by atoms with E-state index in [1.54, 1.807) is 0 Å². The number of rotatable bonds is 4. The molecule has 104 valence electrons. The second kappa shape index (κ2) is 6.60. The Balaban J connectivity index is 1.92. The van der Waals surface area contributed by atoms with Crippen molar-refractivity contribution in [2.75, 3.05) is 23.3 Å². The number of carbonyl (C=O) groups excluding carboxylic acids is 1. The van der Waals surface area contributed by atoms with Gasteiger partial charge >= 0.3 is 0 Å². The van der Waals surface area contributed by atoms with Crippen LogP contribution < -0.4 is 10.2 Å². The van der Waals surface area contributed by atoms with Gasteiger partial charge in [0.15, 0.2) is 0 Å². The Labute approximate surface area is 116 Å². The lowest BCUT2D eigenvalue weighted by atomic mass is 9.99. The predicted molar refractivity (Wildman–Crippen MR) is 80.6 cm³/mol. The van der Waals surface area contributed by atoms with Gasteiger partial charge in [-0.25, -0.2) is 0 Å². The van der Waals surface area contributed by atoms with Gasteiger partial charge < -0.3 is 10.2 Å². The van der Waals surface area contributed by atoms with Gasteiger partial charge in [-0.1, -0.05) is 13.8 Å². The van der Waals surface area contributed by atoms with Crippen molar-refractivity contribution in [3.8, 4) is 0 Å². The van der Waals surface area contributed by atoms with Crippen molar-refractivity contribution < 1.29 is 4.79 Å². The van der Waals surface area contributed by atoms with E-state index in [9.17, 15) is 4.79 Å². The lowest BCUT2D eigenvalue weighted by Gasteiger charge is -2.32. The molecule has 1 saturated heterocycles. The van der Waals surface area contributed by atoms with Crippen LogP contribution in [0, 0.1) is 5.92 Å². The molecule has 1 amide bonds. The summed E-state index contributed by atoms with van der Waals surface area (Å²) in [5, 5.41) is 2.92. The first-order chi connectivity index (χ1) is 9.19. The number of hydrogen-bond donors (Lipinski definition) is 1. The lowest BCUT2D eigenvalue weighted by molar-refractivity contribution is -0.116. The molecule has 1 aromatic carbocycles. The van der Waals surface area contributed by atoms with Gasteiger partial charge in [0.25, 0.3) is 0 Å². The molecule has 1 aliphatic rings. The highest BCUT2D eigenvalue weighted by atomic mass is 16.1.